The molecule has 17 heavy (non-hydrogen) atoms. The Bertz CT molecular complexity index is 340. The van der Waals surface area contributed by atoms with Gasteiger partial charge in [-0.25, -0.2) is 0 Å². The lowest BCUT2D eigenvalue weighted by atomic mass is 9.87. The molecule has 0 spiro atoms. The largest absolute Gasteiger partial charge is 0.496 e. The Morgan fingerprint density at radius 2 is 2.24 bits per heavy atom. The summed E-state index contributed by atoms with van der Waals surface area (Å²) in [5.74, 6) is 1.06. The molecule has 1 aliphatic carbocycles. The Kier molecular flexibility index (Phi) is 5.79. The fourth-order valence-corrected chi connectivity index (χ4v) is 2.47. The van der Waals surface area contributed by atoms with E-state index < -0.39 is 0 Å². The van der Waals surface area contributed by atoms with Crippen molar-refractivity contribution in [1.82, 2.24) is 5.32 Å². The van der Waals surface area contributed by atoms with Gasteiger partial charge in [0.2, 0.25) is 0 Å². The van der Waals surface area contributed by atoms with Gasteiger partial charge in [-0.15, -0.1) is 12.4 Å². The van der Waals surface area contributed by atoms with Crippen molar-refractivity contribution >= 4 is 12.4 Å². The standard InChI is InChI=1S/C14H21NO.ClH/c1-3-9-15-12-8-7-11-5-4-6-14(16-2)13(11)10-12;/h4-6,12,15H,3,7-10H2,1-2H3;1H/t12-;/m0./s1. The summed E-state index contributed by atoms with van der Waals surface area (Å²) in [5, 5.41) is 3.61. The van der Waals surface area contributed by atoms with E-state index in [1.165, 1.54) is 30.4 Å². The minimum Gasteiger partial charge on any atom is -0.496 e. The number of fused-ring (bicyclic) bond motifs is 1. The summed E-state index contributed by atoms with van der Waals surface area (Å²) in [6.45, 7) is 3.33. The van der Waals surface area contributed by atoms with Crippen LogP contribution < -0.4 is 10.1 Å². The van der Waals surface area contributed by atoms with Crippen LogP contribution in [-0.4, -0.2) is 19.7 Å². The van der Waals surface area contributed by atoms with Gasteiger partial charge in [-0.3, -0.25) is 0 Å². The molecule has 96 valence electrons. The van der Waals surface area contributed by atoms with Crippen LogP contribution in [0.3, 0.4) is 0 Å². The smallest absolute Gasteiger partial charge is 0.122 e. The highest BCUT2D eigenvalue weighted by atomic mass is 35.5. The maximum Gasteiger partial charge on any atom is 0.122 e. The van der Waals surface area contributed by atoms with Gasteiger partial charge in [0.05, 0.1) is 7.11 Å². The van der Waals surface area contributed by atoms with E-state index in [-0.39, 0.29) is 12.4 Å². The number of hydrogen-bond acceptors (Lipinski definition) is 2. The van der Waals surface area contributed by atoms with Gasteiger partial charge in [-0.05, 0) is 49.4 Å². The average Bonchev–Trinajstić information content (AvgIpc) is 2.35. The predicted octanol–water partition coefficient (Wildman–Crippen LogP) is 2.97. The van der Waals surface area contributed by atoms with Crippen molar-refractivity contribution in [3.63, 3.8) is 0 Å². The molecule has 0 heterocycles. The third kappa shape index (κ3) is 3.36. The normalized spacial score (nSPS) is 18.1. The Morgan fingerprint density at radius 1 is 1.41 bits per heavy atom. The van der Waals surface area contributed by atoms with Crippen LogP contribution in [0, 0.1) is 0 Å². The van der Waals surface area contributed by atoms with Crippen LogP contribution in [0.5, 0.6) is 5.75 Å². The van der Waals surface area contributed by atoms with E-state index in [0.29, 0.717) is 6.04 Å². The van der Waals surface area contributed by atoms with Crippen LogP contribution in [0.2, 0.25) is 0 Å². The van der Waals surface area contributed by atoms with E-state index in [0.717, 1.165) is 18.7 Å². The molecule has 2 nitrogen and oxygen atoms in total. The summed E-state index contributed by atoms with van der Waals surface area (Å²) in [7, 11) is 1.76. The van der Waals surface area contributed by atoms with Crippen molar-refractivity contribution in [2.75, 3.05) is 13.7 Å². The fourth-order valence-electron chi connectivity index (χ4n) is 2.47. The molecule has 2 rings (SSSR count). The number of aryl methyl sites for hydroxylation is 1. The molecular weight excluding hydrogens is 234 g/mol. The molecule has 0 amide bonds. The van der Waals surface area contributed by atoms with Gasteiger partial charge >= 0.3 is 0 Å². The van der Waals surface area contributed by atoms with E-state index in [1.54, 1.807) is 7.11 Å². The lowest BCUT2D eigenvalue weighted by Gasteiger charge is -2.26. The Hall–Kier alpha value is -0.730. The van der Waals surface area contributed by atoms with Crippen molar-refractivity contribution in [2.24, 2.45) is 0 Å². The van der Waals surface area contributed by atoms with Crippen LogP contribution in [0.25, 0.3) is 0 Å². The first-order valence-corrected chi connectivity index (χ1v) is 6.23. The first-order chi connectivity index (χ1) is 7.85. The molecule has 0 radical (unpaired) electrons. The number of nitrogens with one attached hydrogen (secondary N) is 1. The van der Waals surface area contributed by atoms with Gasteiger partial charge in [-0.1, -0.05) is 19.1 Å². The number of ether oxygens (including phenoxy) is 1. The van der Waals surface area contributed by atoms with Crippen LogP contribution >= 0.6 is 12.4 Å². The monoisotopic (exact) mass is 255 g/mol. The summed E-state index contributed by atoms with van der Waals surface area (Å²) >= 11 is 0. The molecule has 1 atom stereocenters. The second-order valence-electron chi connectivity index (χ2n) is 4.49. The minimum absolute atomic E-state index is 0. The highest BCUT2D eigenvalue weighted by molar-refractivity contribution is 5.85. The predicted molar refractivity (Wildman–Crippen MR) is 74.3 cm³/mol. The van der Waals surface area contributed by atoms with Gasteiger partial charge in [0, 0.05) is 6.04 Å². The fraction of sp³-hybridized carbons (Fsp3) is 0.571. The molecule has 1 aromatic rings. The van der Waals surface area contributed by atoms with E-state index in [1.807, 2.05) is 0 Å². The molecule has 0 aromatic heterocycles. The molecule has 1 N–H and O–H groups in total. The van der Waals surface area contributed by atoms with E-state index >= 15 is 0 Å². The maximum absolute atomic E-state index is 5.44. The second kappa shape index (κ2) is 6.87. The quantitative estimate of drug-likeness (QED) is 0.893. The molecule has 0 saturated heterocycles. The summed E-state index contributed by atoms with van der Waals surface area (Å²) in [6, 6.07) is 7.02. The maximum atomic E-state index is 5.44. The topological polar surface area (TPSA) is 21.3 Å². The van der Waals surface area contributed by atoms with Gasteiger partial charge in [0.15, 0.2) is 0 Å². The number of methoxy groups -OCH3 is 1. The lowest BCUT2D eigenvalue weighted by molar-refractivity contribution is 0.394. The molecule has 0 saturated carbocycles. The van der Waals surface area contributed by atoms with Crippen LogP contribution in [0.15, 0.2) is 18.2 Å². The van der Waals surface area contributed by atoms with E-state index in [9.17, 15) is 0 Å². The van der Waals surface area contributed by atoms with E-state index in [2.05, 4.69) is 30.4 Å². The lowest BCUT2D eigenvalue weighted by Crippen LogP contribution is -2.35. The molecule has 0 bridgehead atoms. The van der Waals surface area contributed by atoms with Gasteiger partial charge in [0.25, 0.3) is 0 Å². The summed E-state index contributed by atoms with van der Waals surface area (Å²) < 4.78 is 5.44. The van der Waals surface area contributed by atoms with Crippen molar-refractivity contribution in [1.29, 1.82) is 0 Å². The number of rotatable bonds is 4. The van der Waals surface area contributed by atoms with Gasteiger partial charge < -0.3 is 10.1 Å². The molecule has 0 fully saturated rings. The number of halogens is 1. The summed E-state index contributed by atoms with van der Waals surface area (Å²) in [6.07, 6.45) is 4.74. The Labute approximate surface area is 110 Å². The van der Waals surface area contributed by atoms with Gasteiger partial charge in [-0.2, -0.15) is 0 Å². The molecule has 1 aromatic carbocycles. The Morgan fingerprint density at radius 3 is 2.94 bits per heavy atom. The van der Waals surface area contributed by atoms with Crippen LogP contribution in [0.1, 0.15) is 30.9 Å². The first-order valence-electron chi connectivity index (χ1n) is 6.23. The van der Waals surface area contributed by atoms with Gasteiger partial charge in [0.1, 0.15) is 5.75 Å². The van der Waals surface area contributed by atoms with Crippen molar-refractivity contribution in [3.8, 4) is 5.75 Å². The SMILES string of the molecule is CCCN[C@H]1CCc2cccc(OC)c2C1.Cl. The average molecular weight is 256 g/mol. The van der Waals surface area contributed by atoms with Crippen molar-refractivity contribution < 1.29 is 4.74 Å². The van der Waals surface area contributed by atoms with Crippen LogP contribution in [0.4, 0.5) is 0 Å². The molecule has 0 aliphatic heterocycles. The number of benzene rings is 1. The third-order valence-corrected chi connectivity index (χ3v) is 3.35. The molecule has 3 heteroatoms. The second-order valence-corrected chi connectivity index (χ2v) is 4.49. The highest BCUT2D eigenvalue weighted by Gasteiger charge is 2.20. The highest BCUT2D eigenvalue weighted by Crippen LogP contribution is 2.29. The van der Waals surface area contributed by atoms with E-state index in [4.69, 9.17) is 4.74 Å². The zero-order valence-corrected chi connectivity index (χ0v) is 11.5. The molecular formula is C14H22ClNO. The minimum atomic E-state index is 0. The zero-order chi connectivity index (χ0) is 11.4. The zero-order valence-electron chi connectivity index (χ0n) is 10.7. The summed E-state index contributed by atoms with van der Waals surface area (Å²) in [4.78, 5) is 0. The third-order valence-electron chi connectivity index (χ3n) is 3.35. The first kappa shape index (κ1) is 14.3. The van der Waals surface area contributed by atoms with Crippen molar-refractivity contribution in [2.45, 2.75) is 38.6 Å². The molecule has 0 unspecified atom stereocenters. The molecule has 1 aliphatic rings. The number of hydrogen-bond donors (Lipinski definition) is 1. The van der Waals surface area contributed by atoms with Crippen molar-refractivity contribution in [3.05, 3.63) is 29.3 Å². The van der Waals surface area contributed by atoms with Crippen LogP contribution in [-0.2, 0) is 12.8 Å². The Balaban J connectivity index is 0.00000144. The summed E-state index contributed by atoms with van der Waals surface area (Å²) in [5.41, 5.74) is 2.87.